The number of benzene rings is 3. The molecule has 0 bridgehead atoms. The number of nitrogens with one attached hydrogen (secondary N) is 2. The highest BCUT2D eigenvalue weighted by molar-refractivity contribution is 8.13. The summed E-state index contributed by atoms with van der Waals surface area (Å²) in [7, 11) is 0. The minimum absolute atomic E-state index is 0.115. The van der Waals surface area contributed by atoms with E-state index in [1.807, 2.05) is 91.0 Å². The number of carbonyl (C=O) groups excluding carboxylic acids is 3. The highest BCUT2D eigenvalue weighted by Gasteiger charge is 2.39. The van der Waals surface area contributed by atoms with E-state index in [0.29, 0.717) is 0 Å². The molecular formula is C31H34N2O5S2. The lowest BCUT2D eigenvalue weighted by Crippen LogP contribution is -2.54. The van der Waals surface area contributed by atoms with E-state index in [9.17, 15) is 24.3 Å². The molecule has 0 spiro atoms. The fourth-order valence-corrected chi connectivity index (χ4v) is 6.33. The average molecular weight is 579 g/mol. The Kier molecular flexibility index (Phi) is 11.4. The van der Waals surface area contributed by atoms with Crippen molar-refractivity contribution in [2.75, 3.05) is 11.5 Å². The Hall–Kier alpha value is -3.56. The molecule has 2 atom stereocenters. The van der Waals surface area contributed by atoms with Crippen LogP contribution in [0.15, 0.2) is 91.0 Å². The number of hydrogen-bond donors (Lipinski definition) is 3. The summed E-state index contributed by atoms with van der Waals surface area (Å²) in [5.41, 5.74) is 2.98. The molecule has 0 fully saturated rings. The van der Waals surface area contributed by atoms with Crippen molar-refractivity contribution in [1.82, 2.24) is 10.6 Å². The zero-order valence-corrected chi connectivity index (χ0v) is 24.3. The van der Waals surface area contributed by atoms with Crippen LogP contribution in [0.25, 0.3) is 0 Å². The average Bonchev–Trinajstić information content (AvgIpc) is 2.96. The van der Waals surface area contributed by atoms with Gasteiger partial charge in [-0.25, -0.2) is 4.79 Å². The highest BCUT2D eigenvalue weighted by Crippen LogP contribution is 2.48. The van der Waals surface area contributed by atoms with Crippen LogP contribution in [-0.4, -0.2) is 51.6 Å². The molecule has 0 aliphatic heterocycles. The van der Waals surface area contributed by atoms with Gasteiger partial charge in [0.25, 0.3) is 0 Å². The van der Waals surface area contributed by atoms with E-state index >= 15 is 0 Å². The van der Waals surface area contributed by atoms with E-state index in [0.717, 1.165) is 28.5 Å². The molecule has 0 saturated carbocycles. The number of aliphatic carboxylic acids is 1. The fourth-order valence-electron chi connectivity index (χ4n) is 4.15. The van der Waals surface area contributed by atoms with Gasteiger partial charge in [0.05, 0.1) is 4.75 Å². The molecule has 0 unspecified atom stereocenters. The van der Waals surface area contributed by atoms with Crippen LogP contribution in [0.4, 0.5) is 0 Å². The van der Waals surface area contributed by atoms with Gasteiger partial charge in [0.1, 0.15) is 12.1 Å². The fraction of sp³-hybridized carbons (Fsp3) is 0.290. The quantitative estimate of drug-likeness (QED) is 0.252. The molecule has 3 aromatic rings. The third-order valence-electron chi connectivity index (χ3n) is 6.23. The Morgan fingerprint density at radius 3 is 1.50 bits per heavy atom. The smallest absolute Gasteiger partial charge is 0.327 e. The lowest BCUT2D eigenvalue weighted by molar-refractivity contribution is -0.141. The van der Waals surface area contributed by atoms with E-state index in [4.69, 9.17) is 0 Å². The van der Waals surface area contributed by atoms with E-state index in [-0.39, 0.29) is 28.4 Å². The minimum Gasteiger partial charge on any atom is -0.480 e. The number of carboxylic acid groups (broad SMARTS) is 1. The summed E-state index contributed by atoms with van der Waals surface area (Å²) in [5.74, 6) is -2.55. The Morgan fingerprint density at radius 1 is 0.700 bits per heavy atom. The highest BCUT2D eigenvalue weighted by atomic mass is 32.2. The molecule has 0 radical (unpaired) electrons. The van der Waals surface area contributed by atoms with Crippen molar-refractivity contribution >= 4 is 46.4 Å². The van der Waals surface area contributed by atoms with Gasteiger partial charge in [0, 0.05) is 24.3 Å². The third-order valence-corrected chi connectivity index (χ3v) is 8.78. The summed E-state index contributed by atoms with van der Waals surface area (Å²) >= 11 is 2.31. The van der Waals surface area contributed by atoms with Crippen molar-refractivity contribution in [3.05, 3.63) is 108 Å². The van der Waals surface area contributed by atoms with Crippen LogP contribution < -0.4 is 10.6 Å². The largest absolute Gasteiger partial charge is 0.480 e. The van der Waals surface area contributed by atoms with Gasteiger partial charge < -0.3 is 15.7 Å². The molecule has 7 nitrogen and oxygen atoms in total. The summed E-state index contributed by atoms with van der Waals surface area (Å²) in [6.07, 6.45) is 0. The maximum absolute atomic E-state index is 13.5. The van der Waals surface area contributed by atoms with Crippen molar-refractivity contribution < 1.29 is 24.3 Å². The molecule has 3 rings (SSSR count). The topological polar surface area (TPSA) is 113 Å². The molecule has 0 saturated heterocycles. The Bertz CT molecular complexity index is 1190. The zero-order valence-electron chi connectivity index (χ0n) is 22.7. The molecule has 0 aliphatic rings. The van der Waals surface area contributed by atoms with Crippen LogP contribution in [0.1, 0.15) is 37.5 Å². The van der Waals surface area contributed by atoms with Gasteiger partial charge in [-0.3, -0.25) is 14.4 Å². The molecule has 0 aliphatic carbocycles. The Morgan fingerprint density at radius 2 is 1.12 bits per heavy atom. The lowest BCUT2D eigenvalue weighted by Gasteiger charge is -2.36. The Balaban J connectivity index is 2.03. The van der Waals surface area contributed by atoms with Crippen molar-refractivity contribution in [3.8, 4) is 0 Å². The van der Waals surface area contributed by atoms with Gasteiger partial charge in [-0.15, -0.1) is 11.8 Å². The summed E-state index contributed by atoms with van der Waals surface area (Å²) in [6.45, 7) is 4.79. The van der Waals surface area contributed by atoms with E-state index < -0.39 is 28.7 Å². The maximum Gasteiger partial charge on any atom is 0.327 e. The Labute approximate surface area is 243 Å². The number of thioether (sulfide) groups is 2. The van der Waals surface area contributed by atoms with Crippen molar-refractivity contribution in [2.45, 2.75) is 37.6 Å². The number of hydrogen-bond acceptors (Lipinski definition) is 6. The van der Waals surface area contributed by atoms with Gasteiger partial charge in [0.2, 0.25) is 11.8 Å². The second kappa shape index (κ2) is 14.7. The molecule has 210 valence electrons. The molecule has 40 heavy (non-hydrogen) atoms. The number of carbonyl (C=O) groups is 4. The van der Waals surface area contributed by atoms with Crippen molar-refractivity contribution in [2.24, 2.45) is 5.92 Å². The molecule has 0 aromatic heterocycles. The predicted octanol–water partition coefficient (Wildman–Crippen LogP) is 4.70. The first kappa shape index (κ1) is 31.0. The summed E-state index contributed by atoms with van der Waals surface area (Å²) in [5, 5.41) is 14.8. The van der Waals surface area contributed by atoms with Gasteiger partial charge in [-0.05, 0) is 16.7 Å². The summed E-state index contributed by atoms with van der Waals surface area (Å²) in [6, 6.07) is 27.5. The molecule has 2 amide bonds. The van der Waals surface area contributed by atoms with Gasteiger partial charge in [-0.2, -0.15) is 0 Å². The summed E-state index contributed by atoms with van der Waals surface area (Å²) in [4.78, 5) is 49.5. The first-order valence-electron chi connectivity index (χ1n) is 12.9. The van der Waals surface area contributed by atoms with E-state index in [1.165, 1.54) is 18.7 Å². The van der Waals surface area contributed by atoms with Crippen LogP contribution in [0.5, 0.6) is 0 Å². The SMILES string of the molecule is CC(=O)SC[C@H](NC(=O)[C@H](CSC(c1ccccc1)(c1ccccc1)c1ccccc1)NC(=O)C(C)C)C(=O)O. The zero-order chi connectivity index (χ0) is 29.1. The van der Waals surface area contributed by atoms with Crippen LogP contribution in [0, 0.1) is 5.92 Å². The molecular weight excluding hydrogens is 544 g/mol. The first-order chi connectivity index (χ1) is 19.1. The molecule has 3 aromatic carbocycles. The number of rotatable bonds is 13. The third kappa shape index (κ3) is 7.99. The number of carboxylic acids is 1. The number of amides is 2. The van der Waals surface area contributed by atoms with Crippen LogP contribution in [0.2, 0.25) is 0 Å². The van der Waals surface area contributed by atoms with Crippen molar-refractivity contribution in [1.29, 1.82) is 0 Å². The van der Waals surface area contributed by atoms with Gasteiger partial charge in [-0.1, -0.05) is 117 Å². The van der Waals surface area contributed by atoms with Crippen LogP contribution in [-0.2, 0) is 23.9 Å². The predicted molar refractivity (Wildman–Crippen MR) is 161 cm³/mol. The molecule has 0 heterocycles. The van der Waals surface area contributed by atoms with E-state index in [1.54, 1.807) is 13.8 Å². The molecule has 9 heteroatoms. The van der Waals surface area contributed by atoms with Crippen LogP contribution in [0.3, 0.4) is 0 Å². The molecule has 3 N–H and O–H groups in total. The van der Waals surface area contributed by atoms with Gasteiger partial charge >= 0.3 is 5.97 Å². The van der Waals surface area contributed by atoms with Gasteiger partial charge in [0.15, 0.2) is 5.12 Å². The van der Waals surface area contributed by atoms with Crippen LogP contribution >= 0.6 is 23.5 Å². The van der Waals surface area contributed by atoms with E-state index in [2.05, 4.69) is 10.6 Å². The second-order valence-electron chi connectivity index (χ2n) is 9.51. The summed E-state index contributed by atoms with van der Waals surface area (Å²) < 4.78 is -0.735. The van der Waals surface area contributed by atoms with Crippen molar-refractivity contribution in [3.63, 3.8) is 0 Å². The lowest BCUT2D eigenvalue weighted by atomic mass is 9.84. The standard InChI is InChI=1S/C31H34N2O5S2/c1-21(2)28(35)32-26(29(36)33-27(30(37)38)19-39-22(3)34)20-40-31(23-13-7-4-8-14-23,24-15-9-5-10-16-24)25-17-11-6-12-18-25/h4-18,21,26-27H,19-20H2,1-3H3,(H,32,35)(H,33,36)(H,37,38)/t26-,27-/m0/s1. The monoisotopic (exact) mass is 578 g/mol. The first-order valence-corrected chi connectivity index (χ1v) is 14.9. The second-order valence-corrected chi connectivity index (χ2v) is 11.9. The maximum atomic E-state index is 13.5. The normalized spacial score (nSPS) is 12.8. The minimum atomic E-state index is -1.29.